The van der Waals surface area contributed by atoms with Gasteiger partial charge in [0.05, 0.1) is 0 Å². The third kappa shape index (κ3) is 8.72. The summed E-state index contributed by atoms with van der Waals surface area (Å²) >= 11 is 0. The number of hydrogen-bond donors (Lipinski definition) is 0. The van der Waals surface area contributed by atoms with Crippen LogP contribution in [0.5, 0.6) is 0 Å². The van der Waals surface area contributed by atoms with Crippen molar-refractivity contribution in [2.45, 2.75) is 72.1 Å². The molecule has 90 valence electrons. The third-order valence-electron chi connectivity index (χ3n) is 3.34. The lowest BCUT2D eigenvalue weighted by Gasteiger charge is -2.18. The average molecular weight is 210 g/mol. The van der Waals surface area contributed by atoms with Gasteiger partial charge >= 0.3 is 0 Å². The molecule has 0 nitrogen and oxygen atoms in total. The molecule has 0 heterocycles. The molecule has 0 aromatic heterocycles. The van der Waals surface area contributed by atoms with E-state index in [1.807, 2.05) is 0 Å². The lowest BCUT2D eigenvalue weighted by atomic mass is 9.87. The lowest BCUT2D eigenvalue weighted by Crippen LogP contribution is -2.07. The van der Waals surface area contributed by atoms with E-state index in [4.69, 9.17) is 0 Å². The molecule has 0 heteroatoms. The van der Waals surface area contributed by atoms with Crippen LogP contribution >= 0.6 is 0 Å². The van der Waals surface area contributed by atoms with Crippen LogP contribution in [0.2, 0.25) is 0 Å². The summed E-state index contributed by atoms with van der Waals surface area (Å²) in [7, 11) is 0. The number of allylic oxidation sites excluding steroid dienone is 1. The van der Waals surface area contributed by atoms with Crippen molar-refractivity contribution in [2.75, 3.05) is 0 Å². The predicted octanol–water partition coefficient (Wildman–Crippen LogP) is 5.59. The molecular formula is C15H30. The Morgan fingerprint density at radius 3 is 2.13 bits per heavy atom. The normalized spacial score (nSPS) is 13.1. The number of rotatable bonds is 10. The molecule has 0 aliphatic heterocycles. The quantitative estimate of drug-likeness (QED) is 0.326. The molecule has 0 spiro atoms. The van der Waals surface area contributed by atoms with Gasteiger partial charge in [-0.1, -0.05) is 65.4 Å². The predicted molar refractivity (Wildman–Crippen MR) is 71.1 cm³/mol. The molecule has 1 unspecified atom stereocenters. The highest BCUT2D eigenvalue weighted by molar-refractivity contribution is 4.75. The molecule has 0 aromatic rings. The summed E-state index contributed by atoms with van der Waals surface area (Å²) in [5.41, 5.74) is 0. The fourth-order valence-electron chi connectivity index (χ4n) is 2.12. The van der Waals surface area contributed by atoms with Crippen LogP contribution in [0.25, 0.3) is 0 Å². The van der Waals surface area contributed by atoms with Crippen molar-refractivity contribution in [1.82, 2.24) is 0 Å². The molecule has 0 aromatic carbocycles. The van der Waals surface area contributed by atoms with E-state index in [9.17, 15) is 0 Å². The minimum atomic E-state index is 0.818. The maximum Gasteiger partial charge on any atom is -0.0322 e. The molecule has 0 fully saturated rings. The summed E-state index contributed by atoms with van der Waals surface area (Å²) in [6, 6.07) is 0. The number of hydrogen-bond acceptors (Lipinski definition) is 0. The van der Waals surface area contributed by atoms with Crippen LogP contribution < -0.4 is 0 Å². The van der Waals surface area contributed by atoms with E-state index in [2.05, 4.69) is 33.4 Å². The maximum absolute atomic E-state index is 3.85. The van der Waals surface area contributed by atoms with E-state index < -0.39 is 0 Å². The minimum absolute atomic E-state index is 0.818. The Morgan fingerprint density at radius 1 is 1.00 bits per heavy atom. The van der Waals surface area contributed by atoms with E-state index in [-0.39, 0.29) is 0 Å². The molecule has 0 amide bonds. The molecule has 0 saturated carbocycles. The van der Waals surface area contributed by atoms with Crippen LogP contribution in [0.1, 0.15) is 72.1 Å². The molecule has 15 heavy (non-hydrogen) atoms. The Bertz CT molecular complexity index is 135. The largest absolute Gasteiger partial charge is 0.103 e. The first kappa shape index (κ1) is 14.7. The van der Waals surface area contributed by atoms with Gasteiger partial charge in [-0.3, -0.25) is 0 Å². The molecule has 0 saturated heterocycles. The van der Waals surface area contributed by atoms with Gasteiger partial charge in [0.15, 0.2) is 0 Å². The van der Waals surface area contributed by atoms with Crippen LogP contribution in [-0.2, 0) is 0 Å². The van der Waals surface area contributed by atoms with Gasteiger partial charge in [-0.15, -0.1) is 6.58 Å². The van der Waals surface area contributed by atoms with Crippen LogP contribution in [0.3, 0.4) is 0 Å². The zero-order valence-corrected chi connectivity index (χ0v) is 11.1. The molecular weight excluding hydrogens is 180 g/mol. The highest BCUT2D eigenvalue weighted by Gasteiger charge is 2.10. The molecule has 0 aliphatic rings. The van der Waals surface area contributed by atoms with Gasteiger partial charge in [0, 0.05) is 0 Å². The highest BCUT2D eigenvalue weighted by atomic mass is 14.2. The standard InChI is InChI=1S/C15H30/c1-5-7-8-9-10-11-13-15(12-6-2)14(3)4/h6,14-15H,2,5,7-13H2,1,3-4H3. The molecule has 1 atom stereocenters. The molecule has 0 aliphatic carbocycles. The Hall–Kier alpha value is -0.260. The highest BCUT2D eigenvalue weighted by Crippen LogP contribution is 2.22. The molecule has 0 rings (SSSR count). The fraction of sp³-hybridized carbons (Fsp3) is 0.867. The lowest BCUT2D eigenvalue weighted by molar-refractivity contribution is 0.348. The average Bonchev–Trinajstić information content (AvgIpc) is 2.21. The summed E-state index contributed by atoms with van der Waals surface area (Å²) in [4.78, 5) is 0. The smallest absolute Gasteiger partial charge is 0.0322 e. The Labute approximate surface area is 97.2 Å². The van der Waals surface area contributed by atoms with Gasteiger partial charge in [-0.25, -0.2) is 0 Å². The van der Waals surface area contributed by atoms with Crippen molar-refractivity contribution < 1.29 is 0 Å². The van der Waals surface area contributed by atoms with Gasteiger partial charge < -0.3 is 0 Å². The topological polar surface area (TPSA) is 0 Å². The van der Waals surface area contributed by atoms with Crippen LogP contribution in [0.4, 0.5) is 0 Å². The SMILES string of the molecule is C=CCC(CCCCCCCC)C(C)C. The Morgan fingerprint density at radius 2 is 1.60 bits per heavy atom. The van der Waals surface area contributed by atoms with Crippen molar-refractivity contribution in [3.63, 3.8) is 0 Å². The van der Waals surface area contributed by atoms with E-state index in [0.717, 1.165) is 11.8 Å². The van der Waals surface area contributed by atoms with Crippen molar-refractivity contribution in [1.29, 1.82) is 0 Å². The van der Waals surface area contributed by atoms with Crippen LogP contribution in [0.15, 0.2) is 12.7 Å². The van der Waals surface area contributed by atoms with Crippen molar-refractivity contribution in [2.24, 2.45) is 11.8 Å². The second-order valence-corrected chi connectivity index (χ2v) is 5.08. The van der Waals surface area contributed by atoms with Gasteiger partial charge in [0.2, 0.25) is 0 Å². The summed E-state index contributed by atoms with van der Waals surface area (Å²) in [6.07, 6.45) is 13.2. The van der Waals surface area contributed by atoms with Crippen LogP contribution in [-0.4, -0.2) is 0 Å². The van der Waals surface area contributed by atoms with Gasteiger partial charge in [-0.2, -0.15) is 0 Å². The van der Waals surface area contributed by atoms with E-state index >= 15 is 0 Å². The Kier molecular flexibility index (Phi) is 10.1. The van der Waals surface area contributed by atoms with Crippen molar-refractivity contribution in [3.05, 3.63) is 12.7 Å². The second kappa shape index (κ2) is 10.3. The molecule has 0 N–H and O–H groups in total. The maximum atomic E-state index is 3.85. The Balaban J connectivity index is 3.41. The monoisotopic (exact) mass is 210 g/mol. The zero-order valence-electron chi connectivity index (χ0n) is 11.1. The fourth-order valence-corrected chi connectivity index (χ4v) is 2.12. The first-order valence-electron chi connectivity index (χ1n) is 6.83. The molecule has 0 bridgehead atoms. The first-order valence-corrected chi connectivity index (χ1v) is 6.83. The van der Waals surface area contributed by atoms with Gasteiger partial charge in [0.1, 0.15) is 0 Å². The number of unbranched alkanes of at least 4 members (excludes halogenated alkanes) is 5. The van der Waals surface area contributed by atoms with E-state index in [1.54, 1.807) is 0 Å². The minimum Gasteiger partial charge on any atom is -0.103 e. The second-order valence-electron chi connectivity index (χ2n) is 5.08. The van der Waals surface area contributed by atoms with E-state index in [1.165, 1.54) is 51.4 Å². The third-order valence-corrected chi connectivity index (χ3v) is 3.34. The first-order chi connectivity index (χ1) is 7.22. The summed E-state index contributed by atoms with van der Waals surface area (Å²) in [5.74, 6) is 1.69. The summed E-state index contributed by atoms with van der Waals surface area (Å²) in [6.45, 7) is 10.8. The summed E-state index contributed by atoms with van der Waals surface area (Å²) in [5, 5.41) is 0. The van der Waals surface area contributed by atoms with E-state index in [0.29, 0.717) is 0 Å². The molecule has 0 radical (unpaired) electrons. The van der Waals surface area contributed by atoms with Crippen molar-refractivity contribution >= 4 is 0 Å². The zero-order chi connectivity index (χ0) is 11.5. The van der Waals surface area contributed by atoms with Crippen LogP contribution in [0, 0.1) is 11.8 Å². The van der Waals surface area contributed by atoms with Crippen molar-refractivity contribution in [3.8, 4) is 0 Å². The summed E-state index contributed by atoms with van der Waals surface area (Å²) < 4.78 is 0. The van der Waals surface area contributed by atoms with Gasteiger partial charge in [-0.05, 0) is 24.7 Å². The van der Waals surface area contributed by atoms with Gasteiger partial charge in [0.25, 0.3) is 0 Å².